The van der Waals surface area contributed by atoms with Gasteiger partial charge in [-0.05, 0) is 42.8 Å². The monoisotopic (exact) mass is 466 g/mol. The SMILES string of the molecule is C=CCn1c(SCC(=O)Nc2ccc(C(=O)OCCC)cc2)nnc1-c1ccccc1OC. The van der Waals surface area contributed by atoms with Gasteiger partial charge in [0.2, 0.25) is 5.91 Å². The largest absolute Gasteiger partial charge is 0.496 e. The van der Waals surface area contributed by atoms with Gasteiger partial charge in [-0.15, -0.1) is 16.8 Å². The van der Waals surface area contributed by atoms with Gasteiger partial charge in [-0.3, -0.25) is 9.36 Å². The summed E-state index contributed by atoms with van der Waals surface area (Å²) in [6.45, 7) is 6.61. The lowest BCUT2D eigenvalue weighted by Crippen LogP contribution is -2.15. The quantitative estimate of drug-likeness (QED) is 0.254. The molecule has 1 aromatic heterocycles. The van der Waals surface area contributed by atoms with E-state index in [4.69, 9.17) is 9.47 Å². The van der Waals surface area contributed by atoms with E-state index in [0.717, 1.165) is 12.0 Å². The number of esters is 1. The summed E-state index contributed by atoms with van der Waals surface area (Å²) in [5.41, 5.74) is 1.84. The lowest BCUT2D eigenvalue weighted by molar-refractivity contribution is -0.113. The smallest absolute Gasteiger partial charge is 0.338 e. The van der Waals surface area contributed by atoms with Crippen LogP contribution in [0.1, 0.15) is 23.7 Å². The Kier molecular flexibility index (Phi) is 8.65. The van der Waals surface area contributed by atoms with Crippen molar-refractivity contribution >= 4 is 29.3 Å². The molecule has 1 heterocycles. The molecule has 0 aliphatic carbocycles. The van der Waals surface area contributed by atoms with Gasteiger partial charge in [0.15, 0.2) is 11.0 Å². The van der Waals surface area contributed by atoms with Gasteiger partial charge in [0.05, 0.1) is 30.6 Å². The molecule has 0 saturated heterocycles. The van der Waals surface area contributed by atoms with Crippen molar-refractivity contribution in [3.8, 4) is 17.1 Å². The molecule has 1 amide bonds. The molecule has 3 rings (SSSR count). The Hall–Kier alpha value is -3.59. The predicted octanol–water partition coefficient (Wildman–Crippen LogP) is 4.44. The van der Waals surface area contributed by atoms with Crippen LogP contribution in [0.5, 0.6) is 5.75 Å². The highest BCUT2D eigenvalue weighted by Crippen LogP contribution is 2.31. The number of amides is 1. The van der Waals surface area contributed by atoms with Gasteiger partial charge in [0.25, 0.3) is 0 Å². The van der Waals surface area contributed by atoms with Crippen LogP contribution >= 0.6 is 11.8 Å². The van der Waals surface area contributed by atoms with Crippen LogP contribution in [-0.4, -0.2) is 46.1 Å². The van der Waals surface area contributed by atoms with Crippen LogP contribution in [0.15, 0.2) is 66.3 Å². The number of hydrogen-bond acceptors (Lipinski definition) is 7. The second kappa shape index (κ2) is 11.9. The Morgan fingerprint density at radius 3 is 2.61 bits per heavy atom. The van der Waals surface area contributed by atoms with Crippen molar-refractivity contribution in [3.05, 3.63) is 66.7 Å². The first-order valence-electron chi connectivity index (χ1n) is 10.4. The van der Waals surface area contributed by atoms with Crippen molar-refractivity contribution in [2.24, 2.45) is 0 Å². The molecule has 0 saturated carbocycles. The lowest BCUT2D eigenvalue weighted by atomic mass is 10.2. The number of carbonyl (C=O) groups is 2. The van der Waals surface area contributed by atoms with Gasteiger partial charge in [-0.1, -0.05) is 36.9 Å². The number of methoxy groups -OCH3 is 1. The molecule has 8 nitrogen and oxygen atoms in total. The number of rotatable bonds is 11. The van der Waals surface area contributed by atoms with E-state index in [1.165, 1.54) is 11.8 Å². The zero-order chi connectivity index (χ0) is 23.6. The topological polar surface area (TPSA) is 95.3 Å². The van der Waals surface area contributed by atoms with Gasteiger partial charge in [0.1, 0.15) is 5.75 Å². The highest BCUT2D eigenvalue weighted by molar-refractivity contribution is 7.99. The summed E-state index contributed by atoms with van der Waals surface area (Å²) in [5, 5.41) is 12.0. The number of nitrogens with zero attached hydrogens (tertiary/aromatic N) is 3. The minimum atomic E-state index is -0.377. The number of para-hydroxylation sites is 1. The van der Waals surface area contributed by atoms with E-state index in [2.05, 4.69) is 22.1 Å². The number of nitrogens with one attached hydrogen (secondary N) is 1. The second-order valence-corrected chi connectivity index (χ2v) is 7.90. The predicted molar refractivity (Wildman–Crippen MR) is 129 cm³/mol. The molecule has 172 valence electrons. The van der Waals surface area contributed by atoms with Gasteiger partial charge in [0, 0.05) is 12.2 Å². The summed E-state index contributed by atoms with van der Waals surface area (Å²) in [4.78, 5) is 24.4. The molecular formula is C24H26N4O4S. The Balaban J connectivity index is 1.65. The average molecular weight is 467 g/mol. The molecular weight excluding hydrogens is 440 g/mol. The summed E-state index contributed by atoms with van der Waals surface area (Å²) in [6, 6.07) is 14.2. The third-order valence-electron chi connectivity index (χ3n) is 4.55. The number of aromatic nitrogens is 3. The Morgan fingerprint density at radius 1 is 1.15 bits per heavy atom. The van der Waals surface area contributed by atoms with E-state index in [1.807, 2.05) is 35.8 Å². The van der Waals surface area contributed by atoms with Crippen molar-refractivity contribution in [2.75, 3.05) is 24.8 Å². The fourth-order valence-corrected chi connectivity index (χ4v) is 3.76. The van der Waals surface area contributed by atoms with Crippen molar-refractivity contribution < 1.29 is 19.1 Å². The van der Waals surface area contributed by atoms with E-state index in [-0.39, 0.29) is 17.6 Å². The minimum absolute atomic E-state index is 0.140. The van der Waals surface area contributed by atoms with Crippen LogP contribution in [-0.2, 0) is 16.1 Å². The van der Waals surface area contributed by atoms with Crippen LogP contribution in [0, 0.1) is 0 Å². The number of ether oxygens (including phenoxy) is 2. The summed E-state index contributed by atoms with van der Waals surface area (Å²) in [6.07, 6.45) is 2.51. The number of hydrogen-bond donors (Lipinski definition) is 1. The third-order valence-corrected chi connectivity index (χ3v) is 5.52. The van der Waals surface area contributed by atoms with Gasteiger partial charge in [-0.25, -0.2) is 4.79 Å². The molecule has 0 radical (unpaired) electrons. The van der Waals surface area contributed by atoms with Crippen LogP contribution in [0.4, 0.5) is 5.69 Å². The third kappa shape index (κ3) is 6.23. The van der Waals surface area contributed by atoms with E-state index in [1.54, 1.807) is 37.5 Å². The summed E-state index contributed by atoms with van der Waals surface area (Å²) >= 11 is 1.28. The first-order valence-corrected chi connectivity index (χ1v) is 11.4. The van der Waals surface area contributed by atoms with Gasteiger partial charge < -0.3 is 14.8 Å². The lowest BCUT2D eigenvalue weighted by Gasteiger charge is -2.10. The van der Waals surface area contributed by atoms with Crippen molar-refractivity contribution in [3.63, 3.8) is 0 Å². The highest BCUT2D eigenvalue weighted by Gasteiger charge is 2.17. The summed E-state index contributed by atoms with van der Waals surface area (Å²) < 4.78 is 12.4. The van der Waals surface area contributed by atoms with E-state index >= 15 is 0 Å². The molecule has 0 spiro atoms. The first-order chi connectivity index (χ1) is 16.1. The maximum atomic E-state index is 12.5. The van der Waals surface area contributed by atoms with Crippen LogP contribution < -0.4 is 10.1 Å². The standard InChI is InChI=1S/C24H26N4O4S/c1-4-14-28-22(19-8-6-7-9-20(19)31-3)26-27-24(28)33-16-21(29)25-18-12-10-17(11-13-18)23(30)32-15-5-2/h4,6-13H,1,5,14-16H2,2-3H3,(H,25,29). The number of benzene rings is 2. The normalized spacial score (nSPS) is 10.5. The van der Waals surface area contributed by atoms with Crippen molar-refractivity contribution in [2.45, 2.75) is 25.0 Å². The summed E-state index contributed by atoms with van der Waals surface area (Å²) in [5.74, 6) is 0.889. The zero-order valence-electron chi connectivity index (χ0n) is 18.6. The van der Waals surface area contributed by atoms with Crippen molar-refractivity contribution in [1.82, 2.24) is 14.8 Å². The highest BCUT2D eigenvalue weighted by atomic mass is 32.2. The zero-order valence-corrected chi connectivity index (χ0v) is 19.4. The number of thioether (sulfide) groups is 1. The second-order valence-electron chi connectivity index (χ2n) is 6.96. The number of allylic oxidation sites excluding steroid dienone is 1. The Labute approximate surface area is 197 Å². The fraction of sp³-hybridized carbons (Fsp3) is 0.250. The van der Waals surface area contributed by atoms with E-state index in [9.17, 15) is 9.59 Å². The number of carbonyl (C=O) groups excluding carboxylic acids is 2. The molecule has 0 unspecified atom stereocenters. The van der Waals surface area contributed by atoms with Gasteiger partial charge in [-0.2, -0.15) is 0 Å². The minimum Gasteiger partial charge on any atom is -0.496 e. The molecule has 0 aliphatic heterocycles. The van der Waals surface area contributed by atoms with E-state index in [0.29, 0.717) is 41.1 Å². The molecule has 0 aliphatic rings. The molecule has 3 aromatic rings. The molecule has 0 atom stereocenters. The maximum Gasteiger partial charge on any atom is 0.338 e. The van der Waals surface area contributed by atoms with Crippen LogP contribution in [0.25, 0.3) is 11.4 Å². The Morgan fingerprint density at radius 2 is 1.91 bits per heavy atom. The van der Waals surface area contributed by atoms with Crippen LogP contribution in [0.3, 0.4) is 0 Å². The van der Waals surface area contributed by atoms with E-state index < -0.39 is 0 Å². The molecule has 0 fully saturated rings. The maximum absolute atomic E-state index is 12.5. The van der Waals surface area contributed by atoms with Crippen LogP contribution in [0.2, 0.25) is 0 Å². The summed E-state index contributed by atoms with van der Waals surface area (Å²) in [7, 11) is 1.60. The fourth-order valence-electron chi connectivity index (χ4n) is 3.01. The molecule has 1 N–H and O–H groups in total. The molecule has 9 heteroatoms. The molecule has 2 aromatic carbocycles. The molecule has 0 bridgehead atoms. The molecule has 33 heavy (non-hydrogen) atoms. The average Bonchev–Trinajstić information content (AvgIpc) is 3.24. The first kappa shape index (κ1) is 24.1. The Bertz CT molecular complexity index is 1110. The number of anilines is 1. The van der Waals surface area contributed by atoms with Crippen molar-refractivity contribution in [1.29, 1.82) is 0 Å². The van der Waals surface area contributed by atoms with Gasteiger partial charge >= 0.3 is 5.97 Å².